The number of hydrogen-bond acceptors (Lipinski definition) is 4. The van der Waals surface area contributed by atoms with Gasteiger partial charge in [-0.1, -0.05) is 24.6 Å². The fraction of sp³-hybridized carbons (Fsp3) is 0.571. The molecule has 28 heavy (non-hydrogen) atoms. The van der Waals surface area contributed by atoms with Crippen molar-refractivity contribution in [3.8, 4) is 5.75 Å². The second-order valence-electron chi connectivity index (χ2n) is 7.61. The van der Waals surface area contributed by atoms with Gasteiger partial charge in [-0.25, -0.2) is 4.79 Å². The third-order valence-electron chi connectivity index (χ3n) is 5.81. The van der Waals surface area contributed by atoms with Crippen molar-refractivity contribution in [1.82, 2.24) is 10.2 Å². The van der Waals surface area contributed by atoms with Gasteiger partial charge in [-0.05, 0) is 37.7 Å². The first-order valence-corrected chi connectivity index (χ1v) is 9.93. The number of carbonyl (C=O) groups excluding carboxylic acids is 2. The van der Waals surface area contributed by atoms with Gasteiger partial charge < -0.3 is 20.1 Å². The normalized spacial score (nSPS) is 24.5. The maximum atomic E-state index is 13.1. The topological polar surface area (TPSA) is 95.9 Å². The van der Waals surface area contributed by atoms with E-state index in [1.54, 1.807) is 6.07 Å². The van der Waals surface area contributed by atoms with Crippen molar-refractivity contribution >= 4 is 17.8 Å². The second-order valence-corrected chi connectivity index (χ2v) is 7.61. The summed E-state index contributed by atoms with van der Waals surface area (Å²) in [7, 11) is 0. The van der Waals surface area contributed by atoms with Crippen LogP contribution in [0.5, 0.6) is 5.75 Å². The van der Waals surface area contributed by atoms with Crippen LogP contribution in [0.4, 0.5) is 0 Å². The summed E-state index contributed by atoms with van der Waals surface area (Å²) in [5.41, 5.74) is 0.721. The number of amides is 2. The van der Waals surface area contributed by atoms with E-state index < -0.39 is 18.1 Å². The zero-order valence-corrected chi connectivity index (χ0v) is 16.4. The SMILES string of the molecule is CCOc1ccccc1C(CC(=O)N1CC2CCCC2C1C(=O)O)NC(C)=O. The minimum Gasteiger partial charge on any atom is -0.494 e. The van der Waals surface area contributed by atoms with E-state index in [0.29, 0.717) is 18.9 Å². The Morgan fingerprint density at radius 1 is 1.29 bits per heavy atom. The Labute approximate surface area is 165 Å². The van der Waals surface area contributed by atoms with Crippen LogP contribution >= 0.6 is 0 Å². The molecule has 2 fully saturated rings. The molecule has 2 amide bonds. The predicted molar refractivity (Wildman–Crippen MR) is 103 cm³/mol. The molecule has 0 bridgehead atoms. The number of carbonyl (C=O) groups is 3. The lowest BCUT2D eigenvalue weighted by atomic mass is 9.94. The van der Waals surface area contributed by atoms with Gasteiger partial charge in [-0.2, -0.15) is 0 Å². The molecule has 1 heterocycles. The fourth-order valence-corrected chi connectivity index (χ4v) is 4.71. The Morgan fingerprint density at radius 2 is 2.04 bits per heavy atom. The first kappa shape index (κ1) is 20.2. The molecule has 7 nitrogen and oxygen atoms in total. The van der Waals surface area contributed by atoms with Crippen LogP contribution in [0.2, 0.25) is 0 Å². The molecule has 4 unspecified atom stereocenters. The summed E-state index contributed by atoms with van der Waals surface area (Å²) < 4.78 is 5.66. The van der Waals surface area contributed by atoms with Crippen LogP contribution in [0.1, 0.15) is 51.1 Å². The summed E-state index contributed by atoms with van der Waals surface area (Å²) in [4.78, 5) is 38.2. The van der Waals surface area contributed by atoms with Crippen molar-refractivity contribution < 1.29 is 24.2 Å². The summed E-state index contributed by atoms with van der Waals surface area (Å²) in [5.74, 6) is -0.515. The maximum Gasteiger partial charge on any atom is 0.326 e. The number of ether oxygens (including phenoxy) is 1. The van der Waals surface area contributed by atoms with Crippen LogP contribution < -0.4 is 10.1 Å². The van der Waals surface area contributed by atoms with Gasteiger partial charge in [0.15, 0.2) is 0 Å². The molecule has 1 saturated carbocycles. The molecule has 3 rings (SSSR count). The largest absolute Gasteiger partial charge is 0.494 e. The molecule has 0 spiro atoms. The van der Waals surface area contributed by atoms with E-state index in [1.165, 1.54) is 11.8 Å². The molecular weight excluding hydrogens is 360 g/mol. The Kier molecular flexibility index (Phi) is 6.21. The summed E-state index contributed by atoms with van der Waals surface area (Å²) in [6.45, 7) is 4.23. The van der Waals surface area contributed by atoms with Crippen LogP contribution in [0.15, 0.2) is 24.3 Å². The van der Waals surface area contributed by atoms with E-state index in [9.17, 15) is 19.5 Å². The van der Waals surface area contributed by atoms with Gasteiger partial charge in [-0.3, -0.25) is 9.59 Å². The highest BCUT2D eigenvalue weighted by molar-refractivity contribution is 5.86. The second kappa shape index (κ2) is 8.63. The minimum atomic E-state index is -0.937. The number of likely N-dealkylation sites (tertiary alicyclic amines) is 1. The molecule has 0 aromatic heterocycles. The molecule has 2 aliphatic rings. The standard InChI is InChI=1S/C21H28N2O5/c1-3-28-18-10-5-4-8-16(18)17(22-13(2)24)11-19(25)23-12-14-7-6-9-15(14)20(23)21(26)27/h4-5,8,10,14-15,17,20H,3,6-7,9,11-12H2,1-2H3,(H,22,24)(H,26,27). The van der Waals surface area contributed by atoms with Crippen molar-refractivity contribution in [3.05, 3.63) is 29.8 Å². The van der Waals surface area contributed by atoms with E-state index >= 15 is 0 Å². The van der Waals surface area contributed by atoms with Gasteiger partial charge >= 0.3 is 5.97 Å². The van der Waals surface area contributed by atoms with Crippen molar-refractivity contribution in [2.75, 3.05) is 13.2 Å². The van der Waals surface area contributed by atoms with Crippen LogP contribution in [0, 0.1) is 11.8 Å². The molecule has 1 aromatic rings. The lowest BCUT2D eigenvalue weighted by molar-refractivity contribution is -0.150. The highest BCUT2D eigenvalue weighted by atomic mass is 16.5. The Hall–Kier alpha value is -2.57. The summed E-state index contributed by atoms with van der Waals surface area (Å²) >= 11 is 0. The van der Waals surface area contributed by atoms with Crippen molar-refractivity contribution in [3.63, 3.8) is 0 Å². The Morgan fingerprint density at radius 3 is 2.71 bits per heavy atom. The summed E-state index contributed by atoms with van der Waals surface area (Å²) in [5, 5.41) is 12.5. The lowest BCUT2D eigenvalue weighted by Crippen LogP contribution is -2.44. The van der Waals surface area contributed by atoms with Gasteiger partial charge in [0.2, 0.25) is 11.8 Å². The molecule has 152 valence electrons. The zero-order chi connectivity index (χ0) is 20.3. The molecule has 1 aromatic carbocycles. The highest BCUT2D eigenvalue weighted by Gasteiger charge is 2.49. The lowest BCUT2D eigenvalue weighted by Gasteiger charge is -2.27. The molecule has 1 saturated heterocycles. The predicted octanol–water partition coefficient (Wildman–Crippen LogP) is 2.36. The maximum absolute atomic E-state index is 13.1. The average Bonchev–Trinajstić information content (AvgIpc) is 3.22. The molecular formula is C21H28N2O5. The van der Waals surface area contributed by atoms with E-state index in [2.05, 4.69) is 5.32 Å². The zero-order valence-electron chi connectivity index (χ0n) is 16.4. The monoisotopic (exact) mass is 388 g/mol. The minimum absolute atomic E-state index is 0.00683. The van der Waals surface area contributed by atoms with Crippen LogP contribution in [0.25, 0.3) is 0 Å². The average molecular weight is 388 g/mol. The number of aliphatic carboxylic acids is 1. The number of para-hydroxylation sites is 1. The number of nitrogens with zero attached hydrogens (tertiary/aromatic N) is 1. The first-order valence-electron chi connectivity index (χ1n) is 9.93. The van der Waals surface area contributed by atoms with Gasteiger partial charge in [0, 0.05) is 19.0 Å². The highest BCUT2D eigenvalue weighted by Crippen LogP contribution is 2.43. The third-order valence-corrected chi connectivity index (χ3v) is 5.81. The Balaban J connectivity index is 1.82. The summed E-state index contributed by atoms with van der Waals surface area (Å²) in [6.07, 6.45) is 2.86. The number of nitrogens with one attached hydrogen (secondary N) is 1. The van der Waals surface area contributed by atoms with Crippen molar-refractivity contribution in [2.24, 2.45) is 11.8 Å². The van der Waals surface area contributed by atoms with Gasteiger partial charge in [-0.15, -0.1) is 0 Å². The van der Waals surface area contributed by atoms with Crippen molar-refractivity contribution in [2.45, 2.75) is 51.6 Å². The third kappa shape index (κ3) is 4.13. The first-order chi connectivity index (χ1) is 13.4. The molecule has 2 N–H and O–H groups in total. The fourth-order valence-electron chi connectivity index (χ4n) is 4.71. The van der Waals surface area contributed by atoms with E-state index in [-0.39, 0.29) is 30.1 Å². The van der Waals surface area contributed by atoms with Gasteiger partial charge in [0.25, 0.3) is 0 Å². The number of hydrogen-bond donors (Lipinski definition) is 2. The number of benzene rings is 1. The van der Waals surface area contributed by atoms with Crippen LogP contribution in [-0.2, 0) is 14.4 Å². The van der Waals surface area contributed by atoms with Crippen molar-refractivity contribution in [1.29, 1.82) is 0 Å². The van der Waals surface area contributed by atoms with Crippen LogP contribution in [0.3, 0.4) is 0 Å². The molecule has 7 heteroatoms. The number of carboxylic acid groups (broad SMARTS) is 1. The molecule has 1 aliphatic carbocycles. The molecule has 4 atom stereocenters. The van der Waals surface area contributed by atoms with E-state index in [4.69, 9.17) is 4.74 Å². The van der Waals surface area contributed by atoms with E-state index in [1.807, 2.05) is 25.1 Å². The van der Waals surface area contributed by atoms with E-state index in [0.717, 1.165) is 24.8 Å². The van der Waals surface area contributed by atoms with Crippen LogP contribution in [-0.4, -0.2) is 47.0 Å². The summed E-state index contributed by atoms with van der Waals surface area (Å²) in [6, 6.07) is 5.97. The van der Waals surface area contributed by atoms with Gasteiger partial charge in [0.1, 0.15) is 11.8 Å². The molecule has 0 radical (unpaired) electrons. The smallest absolute Gasteiger partial charge is 0.326 e. The quantitative estimate of drug-likeness (QED) is 0.748. The molecule has 1 aliphatic heterocycles. The Bertz CT molecular complexity index is 750. The number of rotatable bonds is 7. The van der Waals surface area contributed by atoms with Gasteiger partial charge in [0.05, 0.1) is 19.1 Å². The number of carboxylic acids is 1. The number of fused-ring (bicyclic) bond motifs is 1.